The number of nitrogens with one attached hydrogen (secondary N) is 1. The highest BCUT2D eigenvalue weighted by Gasteiger charge is 2.17. The molecule has 1 fully saturated rings. The van der Waals surface area contributed by atoms with Gasteiger partial charge in [0.1, 0.15) is 11.6 Å². The predicted molar refractivity (Wildman–Crippen MR) is 116 cm³/mol. The molecule has 1 saturated heterocycles. The molecule has 146 valence electrons. The monoisotopic (exact) mass is 385 g/mol. The molecule has 0 bridgehead atoms. The molecule has 1 aliphatic rings. The van der Waals surface area contributed by atoms with Gasteiger partial charge in [-0.2, -0.15) is 0 Å². The lowest BCUT2D eigenvalue weighted by atomic mass is 9.96. The summed E-state index contributed by atoms with van der Waals surface area (Å²) in [6.45, 7) is 4.97. The normalized spacial score (nSPS) is 14.7. The van der Waals surface area contributed by atoms with Gasteiger partial charge in [-0.25, -0.2) is 9.37 Å². The first kappa shape index (κ1) is 18.1. The molecule has 0 unspecified atom stereocenters. The fourth-order valence-corrected chi connectivity index (χ4v) is 4.35. The third-order valence-electron chi connectivity index (χ3n) is 5.80. The lowest BCUT2D eigenvalue weighted by molar-refractivity contribution is 0.331. The number of benzene rings is 3. The lowest BCUT2D eigenvalue weighted by Gasteiger charge is -2.18. The van der Waals surface area contributed by atoms with Crippen LogP contribution in [0.2, 0.25) is 0 Å². The Balaban J connectivity index is 1.48. The van der Waals surface area contributed by atoms with Gasteiger partial charge in [0.05, 0.1) is 11.0 Å². The number of hydrogen-bond donors (Lipinski definition) is 1. The van der Waals surface area contributed by atoms with Crippen molar-refractivity contribution in [3.05, 3.63) is 77.9 Å². The predicted octanol–water partition coefficient (Wildman–Crippen LogP) is 5.94. The van der Waals surface area contributed by atoms with Crippen LogP contribution in [0.15, 0.2) is 60.7 Å². The molecule has 4 heteroatoms. The maximum Gasteiger partial charge on any atom is 0.131 e. The lowest BCUT2D eigenvalue weighted by Crippen LogP contribution is -2.19. The molecule has 4 aromatic rings. The van der Waals surface area contributed by atoms with E-state index in [2.05, 4.69) is 45.2 Å². The van der Waals surface area contributed by atoms with Gasteiger partial charge in [0.2, 0.25) is 0 Å². The van der Waals surface area contributed by atoms with Crippen molar-refractivity contribution in [2.24, 2.45) is 0 Å². The molecule has 0 atom stereocenters. The van der Waals surface area contributed by atoms with Crippen LogP contribution in [0.5, 0.6) is 0 Å². The molecule has 5 rings (SSSR count). The number of rotatable bonds is 4. The fraction of sp³-hybridized carbons (Fsp3) is 0.240. The van der Waals surface area contributed by atoms with Crippen molar-refractivity contribution in [2.75, 3.05) is 13.1 Å². The van der Waals surface area contributed by atoms with E-state index in [9.17, 15) is 4.39 Å². The van der Waals surface area contributed by atoms with E-state index in [0.29, 0.717) is 0 Å². The molecular weight excluding hydrogens is 361 g/mol. The summed E-state index contributed by atoms with van der Waals surface area (Å²) in [5.74, 6) is 0.765. The number of aromatic amines is 1. The van der Waals surface area contributed by atoms with Gasteiger partial charge >= 0.3 is 0 Å². The first-order valence-corrected chi connectivity index (χ1v) is 10.2. The van der Waals surface area contributed by atoms with Crippen LogP contribution in [-0.2, 0) is 6.54 Å². The quantitative estimate of drug-likeness (QED) is 0.471. The van der Waals surface area contributed by atoms with Gasteiger partial charge in [0.25, 0.3) is 0 Å². The van der Waals surface area contributed by atoms with Gasteiger partial charge in [0.15, 0.2) is 0 Å². The Morgan fingerprint density at radius 1 is 0.931 bits per heavy atom. The highest BCUT2D eigenvalue weighted by molar-refractivity contribution is 5.82. The van der Waals surface area contributed by atoms with E-state index in [1.54, 1.807) is 6.07 Å². The molecule has 2 heterocycles. The average Bonchev–Trinajstić information content (AvgIpc) is 3.36. The minimum Gasteiger partial charge on any atom is -0.342 e. The molecule has 1 N–H and O–H groups in total. The van der Waals surface area contributed by atoms with Crippen LogP contribution in [-0.4, -0.2) is 28.0 Å². The first-order valence-electron chi connectivity index (χ1n) is 10.2. The number of halogens is 1. The number of hydrogen-bond acceptors (Lipinski definition) is 2. The molecule has 29 heavy (non-hydrogen) atoms. The molecule has 3 nitrogen and oxygen atoms in total. The number of likely N-dealkylation sites (tertiary alicyclic amines) is 1. The van der Waals surface area contributed by atoms with Crippen LogP contribution in [0.4, 0.5) is 4.39 Å². The summed E-state index contributed by atoms with van der Waals surface area (Å²) in [6.07, 6.45) is 2.47. The van der Waals surface area contributed by atoms with Crippen LogP contribution in [0.3, 0.4) is 0 Å². The van der Waals surface area contributed by atoms with Crippen molar-refractivity contribution in [2.45, 2.75) is 26.3 Å². The minimum atomic E-state index is -0.149. The van der Waals surface area contributed by atoms with E-state index in [0.717, 1.165) is 64.3 Å². The van der Waals surface area contributed by atoms with Crippen molar-refractivity contribution in [1.82, 2.24) is 14.9 Å². The molecule has 0 radical (unpaired) electrons. The molecular formula is C25H24FN3. The van der Waals surface area contributed by atoms with Crippen molar-refractivity contribution in [3.8, 4) is 22.3 Å². The Kier molecular flexibility index (Phi) is 4.64. The summed E-state index contributed by atoms with van der Waals surface area (Å²) < 4.78 is 14.8. The van der Waals surface area contributed by atoms with Crippen LogP contribution >= 0.6 is 0 Å². The standard InChI is InChI=1S/C25H24FN3/c1-17-27-23-12-11-20(15-24(23)28-17)18-7-9-19(10-8-18)25-21(5-4-6-22(25)26)16-29-13-2-3-14-29/h4-12,15H,2-3,13-14,16H2,1H3,(H,27,28). The fourth-order valence-electron chi connectivity index (χ4n) is 4.35. The Morgan fingerprint density at radius 2 is 1.66 bits per heavy atom. The van der Waals surface area contributed by atoms with Crippen molar-refractivity contribution in [1.29, 1.82) is 0 Å². The summed E-state index contributed by atoms with van der Waals surface area (Å²) in [5, 5.41) is 0. The van der Waals surface area contributed by atoms with E-state index >= 15 is 0 Å². The number of aromatic nitrogens is 2. The third kappa shape index (κ3) is 3.56. The summed E-state index contributed by atoms with van der Waals surface area (Å²) in [7, 11) is 0. The van der Waals surface area contributed by atoms with Gasteiger partial charge in [0, 0.05) is 12.1 Å². The van der Waals surface area contributed by atoms with Gasteiger partial charge < -0.3 is 4.98 Å². The molecule has 1 aromatic heterocycles. The number of imidazole rings is 1. The number of nitrogens with zero attached hydrogens (tertiary/aromatic N) is 2. The van der Waals surface area contributed by atoms with Gasteiger partial charge in [-0.3, -0.25) is 4.90 Å². The summed E-state index contributed by atoms with van der Waals surface area (Å²) in [6, 6.07) is 19.9. The summed E-state index contributed by atoms with van der Waals surface area (Å²) in [5.41, 5.74) is 6.96. The smallest absolute Gasteiger partial charge is 0.131 e. The Morgan fingerprint density at radius 3 is 2.45 bits per heavy atom. The number of H-pyrrole nitrogens is 1. The van der Waals surface area contributed by atoms with Crippen LogP contribution in [0.1, 0.15) is 24.2 Å². The molecule has 3 aromatic carbocycles. The van der Waals surface area contributed by atoms with Gasteiger partial charge in [-0.05, 0) is 73.3 Å². The Bertz CT molecular complexity index is 1150. The third-order valence-corrected chi connectivity index (χ3v) is 5.80. The number of aryl methyl sites for hydroxylation is 1. The zero-order chi connectivity index (χ0) is 19.8. The SMILES string of the molecule is Cc1nc2ccc(-c3ccc(-c4c(F)cccc4CN4CCCC4)cc3)cc2[nH]1. The van der Waals surface area contributed by atoms with E-state index in [-0.39, 0.29) is 5.82 Å². The summed E-state index contributed by atoms with van der Waals surface area (Å²) in [4.78, 5) is 10.2. The van der Waals surface area contributed by atoms with E-state index in [1.165, 1.54) is 12.8 Å². The van der Waals surface area contributed by atoms with E-state index in [1.807, 2.05) is 31.2 Å². The van der Waals surface area contributed by atoms with E-state index in [4.69, 9.17) is 0 Å². The molecule has 0 aliphatic carbocycles. The second-order valence-corrected chi connectivity index (χ2v) is 7.89. The van der Waals surface area contributed by atoms with Crippen molar-refractivity contribution >= 4 is 11.0 Å². The molecule has 0 spiro atoms. The molecule has 0 saturated carbocycles. The van der Waals surface area contributed by atoms with Gasteiger partial charge in [-0.15, -0.1) is 0 Å². The zero-order valence-corrected chi connectivity index (χ0v) is 16.6. The maximum absolute atomic E-state index is 14.8. The average molecular weight is 385 g/mol. The van der Waals surface area contributed by atoms with E-state index < -0.39 is 0 Å². The van der Waals surface area contributed by atoms with Crippen molar-refractivity contribution in [3.63, 3.8) is 0 Å². The van der Waals surface area contributed by atoms with Crippen LogP contribution in [0, 0.1) is 12.7 Å². The largest absolute Gasteiger partial charge is 0.342 e. The Hall–Kier alpha value is -2.98. The topological polar surface area (TPSA) is 31.9 Å². The zero-order valence-electron chi connectivity index (χ0n) is 16.6. The highest BCUT2D eigenvalue weighted by atomic mass is 19.1. The van der Waals surface area contributed by atoms with Gasteiger partial charge in [-0.1, -0.05) is 42.5 Å². The maximum atomic E-state index is 14.8. The van der Waals surface area contributed by atoms with Crippen molar-refractivity contribution < 1.29 is 4.39 Å². The molecule has 1 aliphatic heterocycles. The van der Waals surface area contributed by atoms with Crippen LogP contribution < -0.4 is 0 Å². The number of fused-ring (bicyclic) bond motifs is 1. The minimum absolute atomic E-state index is 0.149. The molecule has 0 amide bonds. The second kappa shape index (κ2) is 7.45. The summed E-state index contributed by atoms with van der Waals surface area (Å²) >= 11 is 0. The first-order chi connectivity index (χ1) is 14.2. The second-order valence-electron chi connectivity index (χ2n) is 7.89. The Labute approximate surface area is 170 Å². The highest BCUT2D eigenvalue weighted by Crippen LogP contribution is 2.31. The van der Waals surface area contributed by atoms with Crippen LogP contribution in [0.25, 0.3) is 33.3 Å².